The molecule has 1 N–H and O–H groups in total. The second kappa shape index (κ2) is 8.41. The molecule has 0 spiro atoms. The first-order valence-electron chi connectivity index (χ1n) is 8.51. The highest BCUT2D eigenvalue weighted by Crippen LogP contribution is 2.35. The Morgan fingerprint density at radius 3 is 2.37 bits per heavy atom. The fourth-order valence-corrected chi connectivity index (χ4v) is 4.64. The number of aromatic hydroxyl groups is 1. The smallest absolute Gasteiger partial charge is 0.337 e. The molecule has 0 radical (unpaired) electrons. The van der Waals surface area contributed by atoms with E-state index in [2.05, 4.69) is 4.74 Å². The highest BCUT2D eigenvalue weighted by atomic mass is 35.5. The molecule has 5 nitrogen and oxygen atoms in total. The van der Waals surface area contributed by atoms with Gasteiger partial charge < -0.3 is 9.84 Å². The summed E-state index contributed by atoms with van der Waals surface area (Å²) in [4.78, 5) is 11.1. The predicted octanol–water partition coefficient (Wildman–Crippen LogP) is 4.75. The lowest BCUT2D eigenvalue weighted by Crippen LogP contribution is -2.10. The van der Waals surface area contributed by atoms with Gasteiger partial charge in [-0.2, -0.15) is 0 Å². The average molecular weight is 453 g/mol. The van der Waals surface area contributed by atoms with Crippen molar-refractivity contribution in [3.8, 4) is 16.9 Å². The number of phenols is 1. The van der Waals surface area contributed by atoms with Gasteiger partial charge in [0.15, 0.2) is 27.2 Å². The molecule has 0 unspecified atom stereocenters. The number of esters is 1. The van der Waals surface area contributed by atoms with E-state index in [1.807, 2.05) is 0 Å². The lowest BCUT2D eigenvalue weighted by atomic mass is 10.0. The van der Waals surface area contributed by atoms with Crippen molar-refractivity contribution in [1.82, 2.24) is 0 Å². The molecule has 0 aromatic heterocycles. The van der Waals surface area contributed by atoms with Crippen molar-refractivity contribution in [2.24, 2.45) is 0 Å². The standard InChI is InChI=1S/C21H15ClF2O5S/c1-29-21(26)14-8-16(22)20(25)18(10-14)30(27,28)11-15-7-13(9-17(23)19(15)24)12-5-3-2-4-6-12/h2-10,25H,11H2,1H3. The summed E-state index contributed by atoms with van der Waals surface area (Å²) in [7, 11) is -3.33. The molecule has 3 aromatic carbocycles. The molecule has 3 rings (SSSR count). The van der Waals surface area contributed by atoms with Crippen molar-refractivity contribution in [3.05, 3.63) is 82.4 Å². The van der Waals surface area contributed by atoms with Crippen LogP contribution in [0.2, 0.25) is 5.02 Å². The molecule has 3 aromatic rings. The van der Waals surface area contributed by atoms with Crippen LogP contribution in [0.1, 0.15) is 15.9 Å². The highest BCUT2D eigenvalue weighted by molar-refractivity contribution is 7.90. The first kappa shape index (κ1) is 21.7. The van der Waals surface area contributed by atoms with E-state index in [-0.39, 0.29) is 11.1 Å². The maximum absolute atomic E-state index is 14.4. The molecule has 0 fully saturated rings. The van der Waals surface area contributed by atoms with E-state index in [1.165, 1.54) is 6.07 Å². The number of ether oxygens (including phenoxy) is 1. The van der Waals surface area contributed by atoms with Crippen LogP contribution in [0.15, 0.2) is 59.5 Å². The summed E-state index contributed by atoms with van der Waals surface area (Å²) in [5, 5.41) is 9.71. The topological polar surface area (TPSA) is 80.7 Å². The molecular weight excluding hydrogens is 438 g/mol. The van der Waals surface area contributed by atoms with Crippen LogP contribution in [0.3, 0.4) is 0 Å². The highest BCUT2D eigenvalue weighted by Gasteiger charge is 2.26. The third kappa shape index (κ3) is 4.29. The van der Waals surface area contributed by atoms with Crippen molar-refractivity contribution in [3.63, 3.8) is 0 Å². The number of rotatable bonds is 5. The maximum Gasteiger partial charge on any atom is 0.337 e. The Bertz CT molecular complexity index is 1230. The summed E-state index contributed by atoms with van der Waals surface area (Å²) < 4.78 is 58.9. The van der Waals surface area contributed by atoms with E-state index >= 15 is 0 Å². The average Bonchev–Trinajstić information content (AvgIpc) is 2.72. The number of carbonyl (C=O) groups is 1. The van der Waals surface area contributed by atoms with Gasteiger partial charge in [0.2, 0.25) is 0 Å². The third-order valence-corrected chi connectivity index (χ3v) is 6.30. The van der Waals surface area contributed by atoms with Crippen LogP contribution in [0.25, 0.3) is 11.1 Å². The number of hydrogen-bond acceptors (Lipinski definition) is 5. The molecule has 0 saturated carbocycles. The molecule has 0 heterocycles. The van der Waals surface area contributed by atoms with Crippen molar-refractivity contribution in [2.45, 2.75) is 10.6 Å². The molecule has 0 bridgehead atoms. The Morgan fingerprint density at radius 2 is 1.73 bits per heavy atom. The predicted molar refractivity (Wildman–Crippen MR) is 107 cm³/mol. The second-order valence-corrected chi connectivity index (χ2v) is 8.72. The summed E-state index contributed by atoms with van der Waals surface area (Å²) >= 11 is 5.83. The van der Waals surface area contributed by atoms with Crippen LogP contribution in [-0.4, -0.2) is 26.6 Å². The summed E-state index contributed by atoms with van der Waals surface area (Å²) in [6.07, 6.45) is 0. The fraction of sp³-hybridized carbons (Fsp3) is 0.0952. The summed E-state index contributed by atoms with van der Waals surface area (Å²) in [5.74, 6) is -5.19. The molecule has 0 aliphatic rings. The van der Waals surface area contributed by atoms with Crippen molar-refractivity contribution in [2.75, 3.05) is 7.11 Å². The fourth-order valence-electron chi connectivity index (χ4n) is 2.88. The largest absolute Gasteiger partial charge is 0.505 e. The van der Waals surface area contributed by atoms with Gasteiger partial charge in [-0.1, -0.05) is 41.9 Å². The number of benzene rings is 3. The Hall–Kier alpha value is -2.97. The Kier molecular flexibility index (Phi) is 6.09. The lowest BCUT2D eigenvalue weighted by Gasteiger charge is -2.12. The van der Waals surface area contributed by atoms with E-state index < -0.39 is 54.4 Å². The van der Waals surface area contributed by atoms with Gasteiger partial charge in [-0.05, 0) is 35.4 Å². The summed E-state index contributed by atoms with van der Waals surface area (Å²) in [5.41, 5.74) is 0.190. The molecule has 0 aliphatic carbocycles. The van der Waals surface area contributed by atoms with Crippen LogP contribution >= 0.6 is 11.6 Å². The number of phenolic OH excluding ortho intramolecular Hbond substituents is 1. The first-order valence-corrected chi connectivity index (χ1v) is 10.5. The Labute approximate surface area is 176 Å². The van der Waals surface area contributed by atoms with Crippen molar-refractivity contribution >= 4 is 27.4 Å². The van der Waals surface area contributed by atoms with Crippen LogP contribution in [0.5, 0.6) is 5.75 Å². The molecule has 0 saturated heterocycles. The van der Waals surface area contributed by atoms with Crippen LogP contribution in [-0.2, 0) is 20.3 Å². The first-order chi connectivity index (χ1) is 14.1. The maximum atomic E-state index is 14.4. The van der Waals surface area contributed by atoms with E-state index in [9.17, 15) is 27.1 Å². The second-order valence-electron chi connectivity index (χ2n) is 6.35. The zero-order valence-electron chi connectivity index (χ0n) is 15.5. The van der Waals surface area contributed by atoms with Gasteiger partial charge in [-0.3, -0.25) is 0 Å². The molecule has 30 heavy (non-hydrogen) atoms. The monoisotopic (exact) mass is 452 g/mol. The van der Waals surface area contributed by atoms with Gasteiger partial charge in [0.25, 0.3) is 0 Å². The van der Waals surface area contributed by atoms with Gasteiger partial charge in [0, 0.05) is 5.56 Å². The molecule has 0 amide bonds. The van der Waals surface area contributed by atoms with E-state index in [4.69, 9.17) is 11.6 Å². The van der Waals surface area contributed by atoms with Gasteiger partial charge in [-0.25, -0.2) is 22.0 Å². The Morgan fingerprint density at radius 1 is 1.07 bits per heavy atom. The van der Waals surface area contributed by atoms with E-state index in [0.29, 0.717) is 5.56 Å². The summed E-state index contributed by atoms with van der Waals surface area (Å²) in [6.45, 7) is 0. The van der Waals surface area contributed by atoms with Gasteiger partial charge >= 0.3 is 5.97 Å². The molecule has 9 heteroatoms. The lowest BCUT2D eigenvalue weighted by molar-refractivity contribution is 0.0600. The molecular formula is C21H15ClF2O5S. The molecule has 0 atom stereocenters. The number of sulfone groups is 1. The normalized spacial score (nSPS) is 11.3. The number of halogens is 3. The number of hydrogen-bond donors (Lipinski definition) is 1. The van der Waals surface area contributed by atoms with E-state index in [1.54, 1.807) is 30.3 Å². The zero-order valence-corrected chi connectivity index (χ0v) is 17.1. The number of methoxy groups -OCH3 is 1. The number of carbonyl (C=O) groups excluding carboxylic acids is 1. The minimum absolute atomic E-state index is 0.219. The minimum atomic E-state index is -4.42. The van der Waals surface area contributed by atoms with E-state index in [0.717, 1.165) is 25.3 Å². The van der Waals surface area contributed by atoms with Crippen LogP contribution < -0.4 is 0 Å². The molecule has 156 valence electrons. The zero-order chi connectivity index (χ0) is 22.1. The van der Waals surface area contributed by atoms with Gasteiger partial charge in [0.05, 0.1) is 23.4 Å². The van der Waals surface area contributed by atoms with Gasteiger partial charge in [0.1, 0.15) is 4.90 Å². The van der Waals surface area contributed by atoms with Crippen LogP contribution in [0, 0.1) is 11.6 Å². The Balaban J connectivity index is 2.09. The van der Waals surface area contributed by atoms with Crippen molar-refractivity contribution < 1.29 is 31.8 Å². The van der Waals surface area contributed by atoms with Crippen molar-refractivity contribution in [1.29, 1.82) is 0 Å². The third-order valence-electron chi connectivity index (χ3n) is 4.34. The van der Waals surface area contributed by atoms with Gasteiger partial charge in [-0.15, -0.1) is 0 Å². The molecule has 0 aliphatic heterocycles. The minimum Gasteiger partial charge on any atom is -0.505 e. The van der Waals surface area contributed by atoms with Crippen LogP contribution in [0.4, 0.5) is 8.78 Å². The SMILES string of the molecule is COC(=O)c1cc(Cl)c(O)c(S(=O)(=O)Cc2cc(-c3ccccc3)cc(F)c2F)c1. The summed E-state index contributed by atoms with van der Waals surface area (Å²) in [6, 6.07) is 12.6. The quantitative estimate of drug-likeness (QED) is 0.565.